The van der Waals surface area contributed by atoms with E-state index >= 15 is 0 Å². The lowest BCUT2D eigenvalue weighted by molar-refractivity contribution is -0.120. The maximum Gasteiger partial charge on any atom is 0.239 e. The van der Waals surface area contributed by atoms with Gasteiger partial charge in [-0.2, -0.15) is 0 Å². The van der Waals surface area contributed by atoms with Crippen LogP contribution in [-0.4, -0.2) is 12.5 Å². The Morgan fingerprint density at radius 1 is 1.24 bits per heavy atom. The predicted octanol–water partition coefficient (Wildman–Crippen LogP) is 4.23. The van der Waals surface area contributed by atoms with E-state index in [0.29, 0.717) is 5.02 Å². The minimum atomic E-state index is -0.0743. The highest BCUT2D eigenvalue weighted by molar-refractivity contribution is 14.1. The van der Waals surface area contributed by atoms with Crippen molar-refractivity contribution >= 4 is 45.8 Å². The Morgan fingerprint density at radius 3 is 2.62 bits per heavy atom. The molecule has 0 heterocycles. The van der Waals surface area contributed by atoms with Gasteiger partial charge in [0.25, 0.3) is 0 Å². The molecule has 0 aliphatic carbocycles. The summed E-state index contributed by atoms with van der Waals surface area (Å²) in [5, 5.41) is 6.71. The summed E-state index contributed by atoms with van der Waals surface area (Å²) in [5.74, 6) is -0.0546. The van der Waals surface area contributed by atoms with Crippen LogP contribution in [0.15, 0.2) is 48.5 Å². The Bertz CT molecular complexity index is 616. The molecule has 0 aliphatic heterocycles. The molecule has 0 fully saturated rings. The van der Waals surface area contributed by atoms with Crippen LogP contribution in [0.3, 0.4) is 0 Å². The van der Waals surface area contributed by atoms with Gasteiger partial charge in [-0.05, 0) is 71.5 Å². The smallest absolute Gasteiger partial charge is 0.239 e. The molecule has 110 valence electrons. The standard InChI is InChI=1S/C16H16ClIN2O/c1-11(12-3-2-4-13(17)9-12)20-16(21)10-19-15-7-5-14(18)6-8-15/h2-9,11,19H,10H2,1H3,(H,20,21)/t11-/m1/s1. The van der Waals surface area contributed by atoms with Crippen molar-refractivity contribution in [2.75, 3.05) is 11.9 Å². The summed E-state index contributed by atoms with van der Waals surface area (Å²) in [5.41, 5.74) is 1.92. The summed E-state index contributed by atoms with van der Waals surface area (Å²) in [7, 11) is 0. The average molecular weight is 415 g/mol. The van der Waals surface area contributed by atoms with Gasteiger partial charge in [0, 0.05) is 14.3 Å². The Morgan fingerprint density at radius 2 is 1.95 bits per heavy atom. The van der Waals surface area contributed by atoms with Crippen molar-refractivity contribution in [3.63, 3.8) is 0 Å². The third kappa shape index (κ3) is 5.21. The SMILES string of the molecule is C[C@@H](NC(=O)CNc1ccc(I)cc1)c1cccc(Cl)c1. The molecule has 0 saturated heterocycles. The molecule has 0 radical (unpaired) electrons. The Kier molecular flexibility index (Phi) is 5.87. The zero-order valence-corrected chi connectivity index (χ0v) is 14.5. The molecule has 0 aliphatic rings. The second kappa shape index (κ2) is 7.66. The van der Waals surface area contributed by atoms with Gasteiger partial charge in [0.15, 0.2) is 0 Å². The van der Waals surface area contributed by atoms with Gasteiger partial charge >= 0.3 is 0 Å². The molecule has 0 saturated carbocycles. The van der Waals surface area contributed by atoms with E-state index in [4.69, 9.17) is 11.6 Å². The highest BCUT2D eigenvalue weighted by atomic mass is 127. The van der Waals surface area contributed by atoms with Crippen molar-refractivity contribution in [2.45, 2.75) is 13.0 Å². The predicted molar refractivity (Wildman–Crippen MR) is 95.7 cm³/mol. The highest BCUT2D eigenvalue weighted by Crippen LogP contribution is 2.17. The molecule has 1 atom stereocenters. The lowest BCUT2D eigenvalue weighted by Gasteiger charge is -2.15. The zero-order valence-electron chi connectivity index (χ0n) is 11.6. The van der Waals surface area contributed by atoms with Crippen molar-refractivity contribution in [3.8, 4) is 0 Å². The van der Waals surface area contributed by atoms with Gasteiger partial charge in [-0.3, -0.25) is 4.79 Å². The molecule has 2 rings (SSSR count). The fourth-order valence-electron chi connectivity index (χ4n) is 1.90. The number of carbonyl (C=O) groups excluding carboxylic acids is 1. The quantitative estimate of drug-likeness (QED) is 0.719. The van der Waals surface area contributed by atoms with Crippen LogP contribution in [0.4, 0.5) is 5.69 Å². The lowest BCUT2D eigenvalue weighted by Crippen LogP contribution is -2.32. The molecule has 0 unspecified atom stereocenters. The minimum Gasteiger partial charge on any atom is -0.376 e. The van der Waals surface area contributed by atoms with Gasteiger partial charge < -0.3 is 10.6 Å². The van der Waals surface area contributed by atoms with E-state index in [-0.39, 0.29) is 18.5 Å². The van der Waals surface area contributed by atoms with Crippen LogP contribution in [0.2, 0.25) is 5.02 Å². The normalized spacial score (nSPS) is 11.8. The van der Waals surface area contributed by atoms with E-state index < -0.39 is 0 Å². The van der Waals surface area contributed by atoms with E-state index in [9.17, 15) is 4.79 Å². The first-order valence-corrected chi connectivity index (χ1v) is 8.04. The van der Waals surface area contributed by atoms with E-state index in [1.807, 2.05) is 55.5 Å². The minimum absolute atomic E-state index is 0.0546. The number of hydrogen-bond acceptors (Lipinski definition) is 2. The van der Waals surface area contributed by atoms with Crippen LogP contribution >= 0.6 is 34.2 Å². The maximum absolute atomic E-state index is 11.9. The third-order valence-corrected chi connectivity index (χ3v) is 3.98. The number of halogens is 2. The van der Waals surface area contributed by atoms with Crippen molar-refractivity contribution in [2.24, 2.45) is 0 Å². The van der Waals surface area contributed by atoms with E-state index in [0.717, 1.165) is 14.8 Å². The van der Waals surface area contributed by atoms with Gasteiger partial charge in [-0.15, -0.1) is 0 Å². The number of benzene rings is 2. The van der Waals surface area contributed by atoms with Crippen molar-refractivity contribution < 1.29 is 4.79 Å². The largest absolute Gasteiger partial charge is 0.376 e. The van der Waals surface area contributed by atoms with Crippen LogP contribution in [0, 0.1) is 3.57 Å². The number of nitrogens with one attached hydrogen (secondary N) is 2. The summed E-state index contributed by atoms with van der Waals surface area (Å²) >= 11 is 8.20. The molecule has 5 heteroatoms. The Balaban J connectivity index is 1.85. The van der Waals surface area contributed by atoms with Crippen LogP contribution in [0.25, 0.3) is 0 Å². The van der Waals surface area contributed by atoms with Crippen molar-refractivity contribution in [3.05, 3.63) is 62.7 Å². The Hall–Kier alpha value is -1.27. The van der Waals surface area contributed by atoms with E-state index in [2.05, 4.69) is 33.2 Å². The number of carbonyl (C=O) groups is 1. The summed E-state index contributed by atoms with van der Waals surface area (Å²) in [6, 6.07) is 15.3. The summed E-state index contributed by atoms with van der Waals surface area (Å²) in [4.78, 5) is 11.9. The van der Waals surface area contributed by atoms with Crippen molar-refractivity contribution in [1.82, 2.24) is 5.32 Å². The van der Waals surface area contributed by atoms with Crippen molar-refractivity contribution in [1.29, 1.82) is 0 Å². The average Bonchev–Trinajstić information content (AvgIpc) is 2.46. The van der Waals surface area contributed by atoms with Crippen LogP contribution in [-0.2, 0) is 4.79 Å². The van der Waals surface area contributed by atoms with Gasteiger partial charge in [-0.1, -0.05) is 23.7 Å². The zero-order chi connectivity index (χ0) is 15.2. The first kappa shape index (κ1) is 16.1. The Labute approximate surface area is 143 Å². The molecule has 2 aromatic carbocycles. The second-order valence-corrected chi connectivity index (χ2v) is 6.39. The summed E-state index contributed by atoms with van der Waals surface area (Å²) in [6.45, 7) is 2.18. The monoisotopic (exact) mass is 414 g/mol. The number of anilines is 1. The summed E-state index contributed by atoms with van der Waals surface area (Å²) in [6.07, 6.45) is 0. The van der Waals surface area contributed by atoms with Gasteiger partial charge in [0.2, 0.25) is 5.91 Å². The first-order valence-electron chi connectivity index (χ1n) is 6.59. The molecule has 21 heavy (non-hydrogen) atoms. The van der Waals surface area contributed by atoms with Gasteiger partial charge in [0.05, 0.1) is 12.6 Å². The first-order chi connectivity index (χ1) is 10.0. The molecule has 2 aromatic rings. The molecule has 1 amide bonds. The third-order valence-electron chi connectivity index (χ3n) is 3.02. The molecule has 0 bridgehead atoms. The maximum atomic E-state index is 11.9. The van der Waals surface area contributed by atoms with Crippen LogP contribution in [0.5, 0.6) is 0 Å². The molecule has 0 aromatic heterocycles. The topological polar surface area (TPSA) is 41.1 Å². The molecule has 2 N–H and O–H groups in total. The summed E-state index contributed by atoms with van der Waals surface area (Å²) < 4.78 is 1.16. The highest BCUT2D eigenvalue weighted by Gasteiger charge is 2.09. The molecular weight excluding hydrogens is 399 g/mol. The molecular formula is C16H16ClIN2O. The van der Waals surface area contributed by atoms with Crippen LogP contribution in [0.1, 0.15) is 18.5 Å². The van der Waals surface area contributed by atoms with E-state index in [1.54, 1.807) is 0 Å². The second-order valence-electron chi connectivity index (χ2n) is 4.70. The number of rotatable bonds is 5. The lowest BCUT2D eigenvalue weighted by atomic mass is 10.1. The van der Waals surface area contributed by atoms with Gasteiger partial charge in [0.1, 0.15) is 0 Å². The number of hydrogen-bond donors (Lipinski definition) is 2. The number of amides is 1. The fraction of sp³-hybridized carbons (Fsp3) is 0.188. The van der Waals surface area contributed by atoms with E-state index in [1.165, 1.54) is 0 Å². The molecule has 0 spiro atoms. The van der Waals surface area contributed by atoms with Crippen LogP contribution < -0.4 is 10.6 Å². The van der Waals surface area contributed by atoms with Gasteiger partial charge in [-0.25, -0.2) is 0 Å². The molecule has 3 nitrogen and oxygen atoms in total. The fourth-order valence-corrected chi connectivity index (χ4v) is 2.46.